The average Bonchev–Trinajstić information content (AvgIpc) is 3.08. The molecule has 1 aliphatic rings. The quantitative estimate of drug-likeness (QED) is 0.501. The molecule has 0 saturated heterocycles. The van der Waals surface area contributed by atoms with Crippen LogP contribution >= 0.6 is 23.5 Å². The molecule has 0 spiro atoms. The number of nitrogens with zero attached hydrogens (tertiary/aromatic N) is 4. The Morgan fingerprint density at radius 2 is 2.11 bits per heavy atom. The predicted octanol–water partition coefficient (Wildman–Crippen LogP) is 2.58. The Morgan fingerprint density at radius 3 is 2.86 bits per heavy atom. The minimum absolute atomic E-state index is 0.0220. The monoisotopic (exact) mass is 414 g/mol. The Kier molecular flexibility index (Phi) is 5.05. The molecular weight excluding hydrogens is 400 g/mol. The van der Waals surface area contributed by atoms with Gasteiger partial charge in [-0.05, 0) is 6.92 Å². The molecule has 28 heavy (non-hydrogen) atoms. The summed E-state index contributed by atoms with van der Waals surface area (Å²) >= 11 is 2.54. The standard InChI is InChI=1S/C18H14N4O4S2/c1-10-7-13(23)15(16(25)26-10)12-8-27-17-19-20-18(22(17)21-12)28-9-14(24)11-5-3-2-4-6-11/h2-7,23H,8-9H2,1H3. The lowest BCUT2D eigenvalue weighted by Gasteiger charge is -2.13. The first-order chi connectivity index (χ1) is 13.5. The highest BCUT2D eigenvalue weighted by molar-refractivity contribution is 8.00. The van der Waals surface area contributed by atoms with E-state index in [1.165, 1.54) is 34.3 Å². The Balaban J connectivity index is 1.60. The van der Waals surface area contributed by atoms with Crippen molar-refractivity contribution in [3.63, 3.8) is 0 Å². The normalized spacial score (nSPS) is 13.1. The molecular formula is C18H14N4O4S2. The lowest BCUT2D eigenvalue weighted by Crippen LogP contribution is -2.21. The van der Waals surface area contributed by atoms with Gasteiger partial charge in [0, 0.05) is 17.4 Å². The van der Waals surface area contributed by atoms with Gasteiger partial charge >= 0.3 is 5.63 Å². The second-order valence-corrected chi connectivity index (χ2v) is 7.78. The van der Waals surface area contributed by atoms with Crippen molar-refractivity contribution in [2.75, 3.05) is 11.5 Å². The predicted molar refractivity (Wildman–Crippen MR) is 106 cm³/mol. The van der Waals surface area contributed by atoms with Crippen molar-refractivity contribution in [3.05, 3.63) is 63.7 Å². The first-order valence-corrected chi connectivity index (χ1v) is 10.2. The van der Waals surface area contributed by atoms with Crippen molar-refractivity contribution in [1.82, 2.24) is 14.9 Å². The van der Waals surface area contributed by atoms with Crippen molar-refractivity contribution in [1.29, 1.82) is 0 Å². The summed E-state index contributed by atoms with van der Waals surface area (Å²) in [6.07, 6.45) is 0. The zero-order chi connectivity index (χ0) is 19.7. The maximum atomic E-state index is 12.3. The van der Waals surface area contributed by atoms with Crippen molar-refractivity contribution in [2.45, 2.75) is 17.2 Å². The highest BCUT2D eigenvalue weighted by Gasteiger charge is 2.25. The summed E-state index contributed by atoms with van der Waals surface area (Å²) in [4.78, 5) is 24.5. The van der Waals surface area contributed by atoms with Gasteiger partial charge in [0.25, 0.3) is 0 Å². The molecule has 2 aromatic heterocycles. The summed E-state index contributed by atoms with van der Waals surface area (Å²) in [6.45, 7) is 1.58. The second kappa shape index (κ2) is 7.64. The Hall–Kier alpha value is -2.85. The van der Waals surface area contributed by atoms with E-state index in [1.54, 1.807) is 19.1 Å². The van der Waals surface area contributed by atoms with Gasteiger partial charge in [-0.15, -0.1) is 10.2 Å². The molecule has 0 atom stereocenters. The summed E-state index contributed by atoms with van der Waals surface area (Å²) < 4.78 is 6.55. The molecule has 1 N–H and O–H groups in total. The van der Waals surface area contributed by atoms with E-state index < -0.39 is 5.63 Å². The molecule has 0 bridgehead atoms. The van der Waals surface area contributed by atoms with E-state index in [2.05, 4.69) is 15.3 Å². The number of carbonyl (C=O) groups excluding carboxylic acids is 1. The van der Waals surface area contributed by atoms with Crippen LogP contribution in [0.5, 0.6) is 5.75 Å². The molecule has 0 amide bonds. The van der Waals surface area contributed by atoms with Crippen molar-refractivity contribution < 1.29 is 14.3 Å². The third-order valence-electron chi connectivity index (χ3n) is 3.91. The fourth-order valence-corrected chi connectivity index (χ4v) is 4.27. The van der Waals surface area contributed by atoms with Gasteiger partial charge in [-0.2, -0.15) is 9.78 Å². The second-order valence-electron chi connectivity index (χ2n) is 5.89. The molecule has 3 aromatic rings. The van der Waals surface area contributed by atoms with Gasteiger partial charge in [0.2, 0.25) is 10.3 Å². The zero-order valence-electron chi connectivity index (χ0n) is 14.7. The molecule has 4 rings (SSSR count). The van der Waals surface area contributed by atoms with E-state index in [1.807, 2.05) is 18.2 Å². The van der Waals surface area contributed by atoms with Crippen LogP contribution in [0.15, 0.2) is 61.0 Å². The summed E-state index contributed by atoms with van der Waals surface area (Å²) in [5.74, 6) is 0.615. The van der Waals surface area contributed by atoms with Crippen LogP contribution in [-0.2, 0) is 0 Å². The lowest BCUT2D eigenvalue weighted by molar-refractivity contribution is 0.102. The minimum Gasteiger partial charge on any atom is -0.507 e. The van der Waals surface area contributed by atoms with E-state index in [-0.39, 0.29) is 22.8 Å². The number of thioether (sulfide) groups is 2. The number of hydrogen-bond donors (Lipinski definition) is 1. The maximum absolute atomic E-state index is 12.3. The van der Waals surface area contributed by atoms with Crippen LogP contribution in [0.25, 0.3) is 0 Å². The maximum Gasteiger partial charge on any atom is 0.348 e. The molecule has 10 heteroatoms. The number of rotatable bonds is 5. The molecule has 3 heterocycles. The number of aromatic nitrogens is 3. The molecule has 142 valence electrons. The Morgan fingerprint density at radius 1 is 1.32 bits per heavy atom. The van der Waals surface area contributed by atoms with E-state index in [4.69, 9.17) is 4.42 Å². The van der Waals surface area contributed by atoms with Crippen LogP contribution in [0.3, 0.4) is 0 Å². The van der Waals surface area contributed by atoms with Crippen LogP contribution in [0, 0.1) is 6.92 Å². The topological polar surface area (TPSA) is 111 Å². The number of benzene rings is 1. The number of aryl methyl sites for hydroxylation is 1. The highest BCUT2D eigenvalue weighted by atomic mass is 32.2. The molecule has 0 fully saturated rings. The van der Waals surface area contributed by atoms with Gasteiger partial charge in [0.1, 0.15) is 17.1 Å². The highest BCUT2D eigenvalue weighted by Crippen LogP contribution is 2.29. The smallest absolute Gasteiger partial charge is 0.348 e. The number of ketones is 1. The molecule has 0 radical (unpaired) electrons. The fraction of sp³-hybridized carbons (Fsp3) is 0.167. The van der Waals surface area contributed by atoms with Crippen molar-refractivity contribution >= 4 is 35.0 Å². The fourth-order valence-electron chi connectivity index (χ4n) is 2.62. The summed E-state index contributed by atoms with van der Waals surface area (Å²) in [6, 6.07) is 10.4. The van der Waals surface area contributed by atoms with Gasteiger partial charge in [-0.1, -0.05) is 53.9 Å². The molecule has 0 saturated carbocycles. The van der Waals surface area contributed by atoms with Gasteiger partial charge < -0.3 is 9.52 Å². The first-order valence-electron chi connectivity index (χ1n) is 8.24. The summed E-state index contributed by atoms with van der Waals surface area (Å²) in [5.41, 5.74) is 0.351. The van der Waals surface area contributed by atoms with Gasteiger partial charge in [0.05, 0.1) is 11.5 Å². The van der Waals surface area contributed by atoms with Crippen molar-refractivity contribution in [3.8, 4) is 5.75 Å². The molecule has 1 aliphatic heterocycles. The van der Waals surface area contributed by atoms with E-state index >= 15 is 0 Å². The Bertz CT molecular complexity index is 1140. The van der Waals surface area contributed by atoms with Gasteiger partial charge in [-0.25, -0.2) is 4.79 Å². The number of carbonyl (C=O) groups is 1. The van der Waals surface area contributed by atoms with Crippen LogP contribution in [-0.4, -0.2) is 43.0 Å². The van der Waals surface area contributed by atoms with Crippen LogP contribution in [0.2, 0.25) is 0 Å². The van der Waals surface area contributed by atoms with E-state index in [0.29, 0.717) is 33.1 Å². The third-order valence-corrected chi connectivity index (χ3v) is 5.76. The summed E-state index contributed by atoms with van der Waals surface area (Å²) in [5, 5.41) is 23.7. The number of hydrogen-bond acceptors (Lipinski definition) is 9. The lowest BCUT2D eigenvalue weighted by atomic mass is 10.2. The molecule has 0 unspecified atom stereocenters. The average molecular weight is 414 g/mol. The van der Waals surface area contributed by atoms with Gasteiger partial charge in [-0.3, -0.25) is 4.79 Å². The summed E-state index contributed by atoms with van der Waals surface area (Å²) in [7, 11) is 0. The van der Waals surface area contributed by atoms with Gasteiger partial charge in [0.15, 0.2) is 5.78 Å². The number of aromatic hydroxyl groups is 1. The van der Waals surface area contributed by atoms with Crippen molar-refractivity contribution in [2.24, 2.45) is 5.10 Å². The zero-order valence-corrected chi connectivity index (χ0v) is 16.3. The first kappa shape index (κ1) is 18.5. The van der Waals surface area contributed by atoms with Crippen LogP contribution in [0.1, 0.15) is 21.7 Å². The largest absolute Gasteiger partial charge is 0.507 e. The molecule has 1 aromatic carbocycles. The molecule has 8 nitrogen and oxygen atoms in total. The van der Waals surface area contributed by atoms with Crippen LogP contribution < -0.4 is 5.63 Å². The van der Waals surface area contributed by atoms with E-state index in [9.17, 15) is 14.7 Å². The van der Waals surface area contributed by atoms with Crippen LogP contribution in [0.4, 0.5) is 0 Å². The van der Waals surface area contributed by atoms with E-state index in [0.717, 1.165) is 0 Å². The molecule has 0 aliphatic carbocycles. The Labute approximate surface area is 167 Å². The third kappa shape index (κ3) is 3.60. The minimum atomic E-state index is -0.651. The number of fused-ring (bicyclic) bond motifs is 1. The SMILES string of the molecule is Cc1cc(O)c(C2=Nn3c(SCC(=O)c4ccccc4)nnc3SC2)c(=O)o1. The number of Topliss-reactive ketones (excluding diaryl/α,β-unsaturated/α-hetero) is 1.